The molecule has 1 fully saturated rings. The third kappa shape index (κ3) is 4.56. The predicted octanol–water partition coefficient (Wildman–Crippen LogP) is 2.01. The predicted molar refractivity (Wildman–Crippen MR) is 97.5 cm³/mol. The molecule has 1 aromatic carbocycles. The second-order valence-corrected chi connectivity index (χ2v) is 6.11. The zero-order valence-corrected chi connectivity index (χ0v) is 14.3. The van der Waals surface area contributed by atoms with Gasteiger partial charge in [-0.15, -0.1) is 0 Å². The molecule has 3 rings (SSSR count). The van der Waals surface area contributed by atoms with Crippen LogP contribution in [0.5, 0.6) is 0 Å². The van der Waals surface area contributed by atoms with E-state index >= 15 is 0 Å². The van der Waals surface area contributed by atoms with Crippen molar-refractivity contribution in [3.63, 3.8) is 0 Å². The zero-order valence-electron chi connectivity index (χ0n) is 14.3. The minimum absolute atomic E-state index is 0.0660. The van der Waals surface area contributed by atoms with Gasteiger partial charge in [-0.1, -0.05) is 18.2 Å². The molecule has 8 heteroatoms. The Labute approximate surface area is 146 Å². The summed E-state index contributed by atoms with van der Waals surface area (Å²) in [5.41, 5.74) is 6.64. The standard InChI is InChI=1S/C17H23N7O/c1-12(24-10-6-5-9-14(24)25)11-19-16-21-15(18)22-17(23-16)20-13-7-3-2-4-8-13/h2-4,7-8,12H,5-6,9-11H2,1H3,(H4,18,19,20,21,22,23). The van der Waals surface area contributed by atoms with E-state index in [1.807, 2.05) is 42.2 Å². The summed E-state index contributed by atoms with van der Waals surface area (Å²) in [4.78, 5) is 26.4. The van der Waals surface area contributed by atoms with Gasteiger partial charge in [-0.2, -0.15) is 15.0 Å². The Kier molecular flexibility index (Phi) is 5.27. The molecule has 0 bridgehead atoms. The smallest absolute Gasteiger partial charge is 0.233 e. The zero-order chi connectivity index (χ0) is 17.6. The summed E-state index contributed by atoms with van der Waals surface area (Å²) in [7, 11) is 0. The van der Waals surface area contributed by atoms with Gasteiger partial charge < -0.3 is 21.3 Å². The molecular weight excluding hydrogens is 318 g/mol. The van der Waals surface area contributed by atoms with Crippen molar-refractivity contribution in [2.24, 2.45) is 0 Å². The fourth-order valence-electron chi connectivity index (χ4n) is 2.82. The molecule has 0 radical (unpaired) electrons. The number of likely N-dealkylation sites (tertiary alicyclic amines) is 1. The lowest BCUT2D eigenvalue weighted by molar-refractivity contribution is -0.135. The molecule has 1 saturated heterocycles. The van der Waals surface area contributed by atoms with Gasteiger partial charge in [0.05, 0.1) is 0 Å². The Bertz CT molecular complexity index is 722. The molecule has 4 N–H and O–H groups in total. The Morgan fingerprint density at radius 2 is 1.92 bits per heavy atom. The van der Waals surface area contributed by atoms with E-state index in [0.717, 1.165) is 25.1 Å². The number of amides is 1. The van der Waals surface area contributed by atoms with Crippen molar-refractivity contribution in [3.8, 4) is 0 Å². The van der Waals surface area contributed by atoms with E-state index in [2.05, 4.69) is 25.6 Å². The van der Waals surface area contributed by atoms with E-state index in [0.29, 0.717) is 24.9 Å². The van der Waals surface area contributed by atoms with Crippen LogP contribution < -0.4 is 16.4 Å². The summed E-state index contributed by atoms with van der Waals surface area (Å²) < 4.78 is 0. The fourth-order valence-corrected chi connectivity index (χ4v) is 2.82. The van der Waals surface area contributed by atoms with E-state index in [9.17, 15) is 4.79 Å². The molecule has 1 aromatic heterocycles. The average Bonchev–Trinajstić information content (AvgIpc) is 2.60. The number of nitrogens with two attached hydrogens (primary N) is 1. The number of hydrogen-bond acceptors (Lipinski definition) is 7. The summed E-state index contributed by atoms with van der Waals surface area (Å²) in [5, 5.41) is 6.25. The van der Waals surface area contributed by atoms with E-state index in [4.69, 9.17) is 5.73 Å². The molecule has 0 spiro atoms. The summed E-state index contributed by atoms with van der Waals surface area (Å²) in [5.74, 6) is 1.12. The van der Waals surface area contributed by atoms with Gasteiger partial charge >= 0.3 is 0 Å². The van der Waals surface area contributed by atoms with Crippen LogP contribution in [-0.2, 0) is 4.79 Å². The second kappa shape index (κ2) is 7.78. The number of piperidine rings is 1. The molecule has 1 aliphatic rings. The number of carbonyl (C=O) groups is 1. The molecule has 0 saturated carbocycles. The molecule has 25 heavy (non-hydrogen) atoms. The average molecular weight is 341 g/mol. The number of para-hydroxylation sites is 1. The highest BCUT2D eigenvalue weighted by Gasteiger charge is 2.23. The number of benzene rings is 1. The van der Waals surface area contributed by atoms with E-state index in [1.54, 1.807) is 0 Å². The van der Waals surface area contributed by atoms with Crippen molar-refractivity contribution in [2.75, 3.05) is 29.5 Å². The summed E-state index contributed by atoms with van der Waals surface area (Å²) in [6.45, 7) is 3.38. The largest absolute Gasteiger partial charge is 0.368 e. The van der Waals surface area contributed by atoms with Crippen molar-refractivity contribution in [2.45, 2.75) is 32.2 Å². The molecule has 132 valence electrons. The Balaban J connectivity index is 1.63. The monoisotopic (exact) mass is 341 g/mol. The number of carbonyl (C=O) groups excluding carboxylic acids is 1. The minimum atomic E-state index is 0.0660. The molecule has 1 unspecified atom stereocenters. The topological polar surface area (TPSA) is 109 Å². The normalized spacial score (nSPS) is 15.7. The van der Waals surface area contributed by atoms with Gasteiger partial charge in [-0.25, -0.2) is 0 Å². The number of aromatic nitrogens is 3. The van der Waals surface area contributed by atoms with Crippen LogP contribution in [0.25, 0.3) is 0 Å². The number of nitrogen functional groups attached to an aromatic ring is 1. The van der Waals surface area contributed by atoms with Crippen molar-refractivity contribution in [3.05, 3.63) is 30.3 Å². The van der Waals surface area contributed by atoms with Gasteiger partial charge in [-0.3, -0.25) is 4.79 Å². The quantitative estimate of drug-likeness (QED) is 0.737. The van der Waals surface area contributed by atoms with Crippen LogP contribution in [0.2, 0.25) is 0 Å². The molecule has 2 heterocycles. The molecule has 1 amide bonds. The van der Waals surface area contributed by atoms with Crippen LogP contribution in [0, 0.1) is 0 Å². The van der Waals surface area contributed by atoms with Gasteiger partial charge in [0.15, 0.2) is 0 Å². The van der Waals surface area contributed by atoms with Gasteiger partial charge in [0, 0.05) is 31.2 Å². The fraction of sp³-hybridized carbons (Fsp3) is 0.412. The van der Waals surface area contributed by atoms with Crippen LogP contribution in [0.4, 0.5) is 23.5 Å². The highest BCUT2D eigenvalue weighted by molar-refractivity contribution is 5.77. The number of hydrogen-bond donors (Lipinski definition) is 3. The highest BCUT2D eigenvalue weighted by atomic mass is 16.2. The van der Waals surface area contributed by atoms with Gasteiger partial charge in [0.25, 0.3) is 0 Å². The van der Waals surface area contributed by atoms with E-state index < -0.39 is 0 Å². The maximum absolute atomic E-state index is 12.0. The van der Waals surface area contributed by atoms with Crippen LogP contribution in [0.3, 0.4) is 0 Å². The lowest BCUT2D eigenvalue weighted by Gasteiger charge is -2.32. The first-order chi connectivity index (χ1) is 12.1. The molecule has 0 aliphatic carbocycles. The molecule has 1 aliphatic heterocycles. The van der Waals surface area contributed by atoms with Gasteiger partial charge in [0.2, 0.25) is 23.8 Å². The summed E-state index contributed by atoms with van der Waals surface area (Å²) >= 11 is 0. The van der Waals surface area contributed by atoms with Crippen molar-refractivity contribution in [1.29, 1.82) is 0 Å². The minimum Gasteiger partial charge on any atom is -0.368 e. The number of rotatable bonds is 6. The highest BCUT2D eigenvalue weighted by Crippen LogP contribution is 2.16. The Morgan fingerprint density at radius 3 is 2.68 bits per heavy atom. The van der Waals surface area contributed by atoms with Crippen LogP contribution in [0.15, 0.2) is 30.3 Å². The maximum Gasteiger partial charge on any atom is 0.233 e. The third-order valence-corrected chi connectivity index (χ3v) is 4.13. The lowest BCUT2D eigenvalue weighted by Crippen LogP contribution is -2.45. The SMILES string of the molecule is CC(CNc1nc(N)nc(Nc2ccccc2)n1)N1CCCCC1=O. The first-order valence-corrected chi connectivity index (χ1v) is 8.49. The molecular formula is C17H23N7O. The first kappa shape index (κ1) is 16.9. The molecule has 8 nitrogen and oxygen atoms in total. The number of nitrogens with zero attached hydrogens (tertiary/aromatic N) is 4. The van der Waals surface area contributed by atoms with Gasteiger partial charge in [0.1, 0.15) is 0 Å². The van der Waals surface area contributed by atoms with Crippen molar-refractivity contribution < 1.29 is 4.79 Å². The van der Waals surface area contributed by atoms with E-state index in [-0.39, 0.29) is 17.9 Å². The second-order valence-electron chi connectivity index (χ2n) is 6.11. The van der Waals surface area contributed by atoms with Gasteiger partial charge in [-0.05, 0) is 31.9 Å². The summed E-state index contributed by atoms with van der Waals surface area (Å²) in [6, 6.07) is 9.67. The van der Waals surface area contributed by atoms with Crippen molar-refractivity contribution >= 4 is 29.4 Å². The first-order valence-electron chi connectivity index (χ1n) is 8.49. The lowest BCUT2D eigenvalue weighted by atomic mass is 10.1. The third-order valence-electron chi connectivity index (χ3n) is 4.13. The Hall–Kier alpha value is -2.90. The number of nitrogens with one attached hydrogen (secondary N) is 2. The van der Waals surface area contributed by atoms with Crippen molar-refractivity contribution in [1.82, 2.24) is 19.9 Å². The van der Waals surface area contributed by atoms with Crippen LogP contribution in [-0.4, -0.2) is 44.9 Å². The van der Waals surface area contributed by atoms with Crippen LogP contribution in [0.1, 0.15) is 26.2 Å². The number of anilines is 4. The maximum atomic E-state index is 12.0. The molecule has 1 atom stereocenters. The summed E-state index contributed by atoms with van der Waals surface area (Å²) in [6.07, 6.45) is 2.67. The Morgan fingerprint density at radius 1 is 1.16 bits per heavy atom. The molecule has 2 aromatic rings. The van der Waals surface area contributed by atoms with Crippen LogP contribution >= 0.6 is 0 Å². The van der Waals surface area contributed by atoms with E-state index in [1.165, 1.54) is 0 Å².